The van der Waals surface area contributed by atoms with Gasteiger partial charge in [0.05, 0.1) is 17.7 Å². The molecule has 0 saturated heterocycles. The zero-order valence-corrected chi connectivity index (χ0v) is 10.6. The second-order valence-electron chi connectivity index (χ2n) is 4.25. The molecule has 0 aliphatic rings. The van der Waals surface area contributed by atoms with Gasteiger partial charge in [0.15, 0.2) is 0 Å². The molecule has 0 radical (unpaired) electrons. The summed E-state index contributed by atoms with van der Waals surface area (Å²) < 4.78 is 31.6. The van der Waals surface area contributed by atoms with Crippen LogP contribution in [0.5, 0.6) is 11.5 Å². The lowest BCUT2D eigenvalue weighted by Crippen LogP contribution is -1.97. The average Bonchev–Trinajstić information content (AvgIpc) is 2.37. The summed E-state index contributed by atoms with van der Waals surface area (Å²) in [4.78, 5) is 0. The van der Waals surface area contributed by atoms with Crippen LogP contribution in [0.3, 0.4) is 0 Å². The van der Waals surface area contributed by atoms with E-state index in [1.807, 2.05) is 6.07 Å². The molecule has 1 N–H and O–H groups in total. The first-order valence-corrected chi connectivity index (χ1v) is 5.85. The highest BCUT2D eigenvalue weighted by molar-refractivity contribution is 5.45. The van der Waals surface area contributed by atoms with Crippen LogP contribution in [0.1, 0.15) is 24.2 Å². The maximum absolute atomic E-state index is 13.1. The molecule has 0 aromatic heterocycles. The number of ether oxygens (including phenoxy) is 1. The summed E-state index contributed by atoms with van der Waals surface area (Å²) in [6.07, 6.45) is -0.837. The Balaban J connectivity index is 2.43. The van der Waals surface area contributed by atoms with Crippen molar-refractivity contribution in [2.45, 2.75) is 13.0 Å². The highest BCUT2D eigenvalue weighted by atomic mass is 19.1. The molecule has 1 atom stereocenters. The van der Waals surface area contributed by atoms with Crippen molar-refractivity contribution in [2.24, 2.45) is 0 Å². The van der Waals surface area contributed by atoms with Gasteiger partial charge in [0.2, 0.25) is 0 Å². The zero-order chi connectivity index (χ0) is 14.7. The van der Waals surface area contributed by atoms with Gasteiger partial charge >= 0.3 is 0 Å². The second kappa shape index (κ2) is 5.68. The van der Waals surface area contributed by atoms with Crippen molar-refractivity contribution in [1.29, 1.82) is 5.26 Å². The number of nitriles is 1. The quantitative estimate of drug-likeness (QED) is 0.929. The highest BCUT2D eigenvalue weighted by Crippen LogP contribution is 2.31. The van der Waals surface area contributed by atoms with Gasteiger partial charge in [-0.15, -0.1) is 0 Å². The summed E-state index contributed by atoms with van der Waals surface area (Å²) in [5.74, 6) is -1.39. The summed E-state index contributed by atoms with van der Waals surface area (Å²) in [6.45, 7) is 1.53. The van der Waals surface area contributed by atoms with Gasteiger partial charge in [0.25, 0.3) is 0 Å². The van der Waals surface area contributed by atoms with E-state index in [4.69, 9.17) is 10.00 Å². The molecule has 0 saturated carbocycles. The Hall–Kier alpha value is -2.45. The minimum absolute atomic E-state index is 0.0421. The lowest BCUT2D eigenvalue weighted by atomic mass is 10.1. The molecule has 2 aromatic carbocycles. The van der Waals surface area contributed by atoms with Crippen LogP contribution in [0.2, 0.25) is 0 Å². The van der Waals surface area contributed by atoms with Crippen LogP contribution in [0, 0.1) is 23.0 Å². The topological polar surface area (TPSA) is 53.2 Å². The third-order valence-electron chi connectivity index (χ3n) is 2.66. The normalized spacial score (nSPS) is 11.8. The Labute approximate surface area is 114 Å². The summed E-state index contributed by atoms with van der Waals surface area (Å²) in [7, 11) is 0. The number of nitrogens with zero attached hydrogens (tertiary/aromatic N) is 1. The molecule has 0 aliphatic carbocycles. The average molecular weight is 275 g/mol. The third kappa shape index (κ3) is 3.11. The van der Waals surface area contributed by atoms with Gasteiger partial charge in [0, 0.05) is 23.8 Å². The minimum atomic E-state index is -0.837. The van der Waals surface area contributed by atoms with E-state index in [1.165, 1.54) is 25.1 Å². The lowest BCUT2D eigenvalue weighted by Gasteiger charge is -2.13. The summed E-state index contributed by atoms with van der Waals surface area (Å²) in [6, 6.07) is 9.18. The van der Waals surface area contributed by atoms with Crippen LogP contribution in [-0.2, 0) is 0 Å². The van der Waals surface area contributed by atoms with E-state index in [2.05, 4.69) is 0 Å². The first-order valence-electron chi connectivity index (χ1n) is 5.85. The van der Waals surface area contributed by atoms with E-state index in [-0.39, 0.29) is 11.5 Å². The Morgan fingerprint density at radius 2 is 1.80 bits per heavy atom. The van der Waals surface area contributed by atoms with E-state index in [0.29, 0.717) is 11.1 Å². The Bertz CT molecular complexity index is 658. The van der Waals surface area contributed by atoms with Gasteiger partial charge in [0.1, 0.15) is 23.1 Å². The third-order valence-corrected chi connectivity index (χ3v) is 2.66. The van der Waals surface area contributed by atoms with Crippen LogP contribution < -0.4 is 4.74 Å². The molecule has 0 aliphatic heterocycles. The van der Waals surface area contributed by atoms with Crippen LogP contribution in [0.4, 0.5) is 8.78 Å². The van der Waals surface area contributed by atoms with Crippen molar-refractivity contribution in [2.75, 3.05) is 0 Å². The molecule has 2 aromatic rings. The predicted octanol–water partition coefficient (Wildman–Crippen LogP) is 3.68. The molecule has 20 heavy (non-hydrogen) atoms. The molecule has 0 bridgehead atoms. The van der Waals surface area contributed by atoms with Gasteiger partial charge in [-0.2, -0.15) is 5.26 Å². The number of rotatable bonds is 3. The Morgan fingerprint density at radius 1 is 1.15 bits per heavy atom. The maximum Gasteiger partial charge on any atom is 0.134 e. The molecule has 5 heteroatoms. The summed E-state index contributed by atoms with van der Waals surface area (Å²) in [5.41, 5.74) is 0.745. The van der Waals surface area contributed by atoms with Crippen molar-refractivity contribution < 1.29 is 18.6 Å². The number of aliphatic hydroxyl groups is 1. The van der Waals surface area contributed by atoms with E-state index in [0.717, 1.165) is 18.2 Å². The molecule has 2 rings (SSSR count). The summed E-state index contributed by atoms with van der Waals surface area (Å²) >= 11 is 0. The van der Waals surface area contributed by atoms with E-state index < -0.39 is 17.7 Å². The van der Waals surface area contributed by atoms with Crippen molar-refractivity contribution in [1.82, 2.24) is 0 Å². The lowest BCUT2D eigenvalue weighted by molar-refractivity contribution is 0.195. The van der Waals surface area contributed by atoms with Crippen LogP contribution in [0.25, 0.3) is 0 Å². The number of hydrogen-bond acceptors (Lipinski definition) is 3. The number of benzene rings is 2. The number of aliphatic hydroxyl groups excluding tert-OH is 1. The van der Waals surface area contributed by atoms with E-state index in [1.54, 1.807) is 0 Å². The Kier molecular flexibility index (Phi) is 3.97. The van der Waals surface area contributed by atoms with Gasteiger partial charge < -0.3 is 9.84 Å². The van der Waals surface area contributed by atoms with Crippen molar-refractivity contribution >= 4 is 0 Å². The van der Waals surface area contributed by atoms with Crippen LogP contribution in [0.15, 0.2) is 36.4 Å². The van der Waals surface area contributed by atoms with Gasteiger partial charge in [-0.3, -0.25) is 0 Å². The zero-order valence-electron chi connectivity index (χ0n) is 10.6. The first-order chi connectivity index (χ1) is 9.49. The monoisotopic (exact) mass is 275 g/mol. The van der Waals surface area contributed by atoms with Gasteiger partial charge in [-0.1, -0.05) is 6.07 Å². The number of hydrogen-bond donors (Lipinski definition) is 1. The molecule has 0 heterocycles. The predicted molar refractivity (Wildman–Crippen MR) is 68.2 cm³/mol. The molecule has 0 fully saturated rings. The van der Waals surface area contributed by atoms with Crippen LogP contribution in [-0.4, -0.2) is 5.11 Å². The molecule has 0 spiro atoms. The molecule has 102 valence electrons. The van der Waals surface area contributed by atoms with E-state index >= 15 is 0 Å². The second-order valence-corrected chi connectivity index (χ2v) is 4.25. The van der Waals surface area contributed by atoms with Gasteiger partial charge in [-0.05, 0) is 19.1 Å². The fraction of sp³-hybridized carbons (Fsp3) is 0.133. The summed E-state index contributed by atoms with van der Waals surface area (Å²) in [5, 5.41) is 18.5. The maximum atomic E-state index is 13.1. The van der Waals surface area contributed by atoms with Gasteiger partial charge in [-0.25, -0.2) is 8.78 Å². The fourth-order valence-corrected chi connectivity index (χ4v) is 1.75. The van der Waals surface area contributed by atoms with Crippen LogP contribution >= 0.6 is 0 Å². The van der Waals surface area contributed by atoms with E-state index in [9.17, 15) is 13.9 Å². The highest BCUT2D eigenvalue weighted by Gasteiger charge is 2.12. The number of halogens is 2. The van der Waals surface area contributed by atoms with Crippen molar-refractivity contribution in [3.63, 3.8) is 0 Å². The molecular weight excluding hydrogens is 264 g/mol. The Morgan fingerprint density at radius 3 is 2.35 bits per heavy atom. The molecule has 0 unspecified atom stereocenters. The van der Waals surface area contributed by atoms with Crippen molar-refractivity contribution in [3.05, 3.63) is 59.2 Å². The minimum Gasteiger partial charge on any atom is -0.457 e. The standard InChI is InChI=1S/C15H11F2NO2/c1-9(19)14-3-2-10(8-18)4-15(14)20-13-6-11(16)5-12(17)7-13/h2-7,9,19H,1H3/t9-/m1/s1. The smallest absolute Gasteiger partial charge is 0.134 e. The largest absolute Gasteiger partial charge is 0.457 e. The fourth-order valence-electron chi connectivity index (χ4n) is 1.75. The molecular formula is C15H11F2NO2. The van der Waals surface area contributed by atoms with Crippen molar-refractivity contribution in [3.8, 4) is 17.6 Å². The SMILES string of the molecule is C[C@@H](O)c1ccc(C#N)cc1Oc1cc(F)cc(F)c1. The first kappa shape index (κ1) is 14.0. The molecule has 0 amide bonds. The molecule has 3 nitrogen and oxygen atoms in total.